The number of fused-ring (bicyclic) bond motifs is 1. The van der Waals surface area contributed by atoms with Crippen molar-refractivity contribution in [2.45, 2.75) is 25.5 Å². The third-order valence-electron chi connectivity index (χ3n) is 4.53. The van der Waals surface area contributed by atoms with Crippen molar-refractivity contribution in [3.63, 3.8) is 0 Å². The van der Waals surface area contributed by atoms with Gasteiger partial charge in [-0.2, -0.15) is 0 Å². The summed E-state index contributed by atoms with van der Waals surface area (Å²) in [5.41, 5.74) is 3.01. The van der Waals surface area contributed by atoms with Crippen LogP contribution in [0.4, 0.5) is 5.69 Å². The monoisotopic (exact) mass is 445 g/mol. The van der Waals surface area contributed by atoms with E-state index in [4.69, 9.17) is 16.3 Å². The van der Waals surface area contributed by atoms with Gasteiger partial charge in [-0.15, -0.1) is 0 Å². The maximum Gasteiger partial charge on any atom is 0.226 e. The van der Waals surface area contributed by atoms with Gasteiger partial charge in [-0.1, -0.05) is 37.2 Å². The molecule has 0 radical (unpaired) electrons. The first-order valence-electron chi connectivity index (χ1n) is 9.60. The first kappa shape index (κ1) is 22.3. The number of aromatic nitrogens is 2. The zero-order valence-corrected chi connectivity index (χ0v) is 18.7. The first-order valence-corrected chi connectivity index (χ1v) is 11.0. The molecule has 0 aliphatic heterocycles. The van der Waals surface area contributed by atoms with Crippen LogP contribution >= 0.6 is 23.4 Å². The van der Waals surface area contributed by atoms with Gasteiger partial charge in [-0.05, 0) is 42.5 Å². The highest BCUT2D eigenvalue weighted by atomic mass is 35.5. The van der Waals surface area contributed by atoms with Crippen LogP contribution in [-0.2, 0) is 16.1 Å². The van der Waals surface area contributed by atoms with E-state index in [2.05, 4.69) is 10.3 Å². The van der Waals surface area contributed by atoms with Gasteiger partial charge in [0.15, 0.2) is 10.9 Å². The number of thioether (sulfide) groups is 1. The Kier molecular flexibility index (Phi) is 7.53. The molecule has 0 atom stereocenters. The van der Waals surface area contributed by atoms with Crippen molar-refractivity contribution < 1.29 is 14.3 Å². The smallest absolute Gasteiger partial charge is 0.226 e. The van der Waals surface area contributed by atoms with E-state index in [1.807, 2.05) is 36.6 Å². The number of hydrogen-bond acceptors (Lipinski definition) is 5. The van der Waals surface area contributed by atoms with E-state index in [0.717, 1.165) is 16.2 Å². The number of methoxy groups -OCH3 is 1. The van der Waals surface area contributed by atoms with Gasteiger partial charge in [-0.25, -0.2) is 4.98 Å². The minimum Gasteiger partial charge on any atom is -0.383 e. The Morgan fingerprint density at radius 2 is 1.93 bits per heavy atom. The maximum atomic E-state index is 12.7. The Balaban J connectivity index is 1.71. The Morgan fingerprint density at radius 1 is 1.20 bits per heavy atom. The van der Waals surface area contributed by atoms with E-state index in [1.54, 1.807) is 31.4 Å². The normalized spacial score (nSPS) is 11.2. The van der Waals surface area contributed by atoms with E-state index in [9.17, 15) is 9.59 Å². The van der Waals surface area contributed by atoms with E-state index < -0.39 is 0 Å². The predicted molar refractivity (Wildman–Crippen MR) is 122 cm³/mol. The largest absolute Gasteiger partial charge is 0.383 e. The Hall–Kier alpha value is -2.35. The van der Waals surface area contributed by atoms with Crippen LogP contribution < -0.4 is 5.32 Å². The predicted octanol–water partition coefficient (Wildman–Crippen LogP) is 4.91. The van der Waals surface area contributed by atoms with Gasteiger partial charge in [-0.3, -0.25) is 9.59 Å². The summed E-state index contributed by atoms with van der Waals surface area (Å²) in [5, 5.41) is 4.19. The van der Waals surface area contributed by atoms with Gasteiger partial charge in [0.1, 0.15) is 0 Å². The van der Waals surface area contributed by atoms with Crippen LogP contribution in [0.5, 0.6) is 0 Å². The molecule has 0 aliphatic carbocycles. The lowest BCUT2D eigenvalue weighted by atomic mass is 10.1. The molecule has 3 aromatic rings. The number of halogens is 1. The molecule has 1 aromatic heterocycles. The number of carbonyl (C=O) groups is 2. The Labute approximate surface area is 185 Å². The van der Waals surface area contributed by atoms with Crippen molar-refractivity contribution in [2.24, 2.45) is 5.92 Å². The molecule has 3 rings (SSSR count). The number of amides is 1. The fourth-order valence-electron chi connectivity index (χ4n) is 2.83. The molecule has 0 spiro atoms. The number of ketones is 1. The molecule has 158 valence electrons. The van der Waals surface area contributed by atoms with Crippen molar-refractivity contribution in [2.75, 3.05) is 24.8 Å². The number of nitrogens with zero attached hydrogens (tertiary/aromatic N) is 2. The topological polar surface area (TPSA) is 73.2 Å². The lowest BCUT2D eigenvalue weighted by molar-refractivity contribution is -0.118. The second kappa shape index (κ2) is 10.1. The third-order valence-corrected chi connectivity index (χ3v) is 5.74. The molecule has 30 heavy (non-hydrogen) atoms. The van der Waals surface area contributed by atoms with Gasteiger partial charge in [0.2, 0.25) is 5.91 Å². The van der Waals surface area contributed by atoms with Crippen LogP contribution in [0.1, 0.15) is 24.2 Å². The van der Waals surface area contributed by atoms with Crippen molar-refractivity contribution in [1.82, 2.24) is 9.55 Å². The summed E-state index contributed by atoms with van der Waals surface area (Å²) in [5.74, 6) is 0.0848. The fourth-order valence-corrected chi connectivity index (χ4v) is 3.93. The molecule has 1 amide bonds. The standard InChI is InChI=1S/C22H24ClN3O3S/c1-14(2)21(28)24-17-7-4-15(5-8-17)20(27)13-30-22-25-18-12-16(23)6-9-19(18)26(22)10-11-29-3/h4-9,12,14H,10-11,13H2,1-3H3,(H,24,28). The van der Waals surface area contributed by atoms with Gasteiger partial charge in [0.05, 0.1) is 23.4 Å². The second-order valence-corrected chi connectivity index (χ2v) is 8.48. The number of carbonyl (C=O) groups excluding carboxylic acids is 2. The Bertz CT molecular complexity index is 1050. The first-order chi connectivity index (χ1) is 14.4. The molecule has 1 N–H and O–H groups in total. The number of rotatable bonds is 9. The summed E-state index contributed by atoms with van der Waals surface area (Å²) in [6.07, 6.45) is 0. The van der Waals surface area contributed by atoms with E-state index >= 15 is 0 Å². The van der Waals surface area contributed by atoms with Crippen molar-refractivity contribution in [1.29, 1.82) is 0 Å². The van der Waals surface area contributed by atoms with E-state index in [0.29, 0.717) is 29.4 Å². The molecule has 8 heteroatoms. The number of nitrogens with one attached hydrogen (secondary N) is 1. The molecule has 0 aliphatic rings. The highest BCUT2D eigenvalue weighted by Crippen LogP contribution is 2.27. The summed E-state index contributed by atoms with van der Waals surface area (Å²) < 4.78 is 7.25. The summed E-state index contributed by atoms with van der Waals surface area (Å²) in [7, 11) is 1.65. The Morgan fingerprint density at radius 3 is 2.60 bits per heavy atom. The van der Waals surface area contributed by atoms with Gasteiger partial charge in [0, 0.05) is 35.8 Å². The lowest BCUT2D eigenvalue weighted by Gasteiger charge is -2.09. The summed E-state index contributed by atoms with van der Waals surface area (Å²) >= 11 is 7.48. The van der Waals surface area contributed by atoms with Crippen LogP contribution in [0.25, 0.3) is 11.0 Å². The molecule has 6 nitrogen and oxygen atoms in total. The van der Waals surface area contributed by atoms with Gasteiger partial charge in [0.25, 0.3) is 0 Å². The summed E-state index contributed by atoms with van der Waals surface area (Å²) in [6.45, 7) is 4.84. The number of hydrogen-bond donors (Lipinski definition) is 1. The SMILES string of the molecule is COCCn1c(SCC(=O)c2ccc(NC(=O)C(C)C)cc2)nc2cc(Cl)ccc21. The number of Topliss-reactive ketones (excluding diaryl/α,β-unsaturated/α-hetero) is 1. The van der Waals surface area contributed by atoms with Crippen LogP contribution in [-0.4, -0.2) is 40.7 Å². The minimum absolute atomic E-state index is 0.00915. The van der Waals surface area contributed by atoms with Crippen LogP contribution in [0, 0.1) is 5.92 Å². The summed E-state index contributed by atoms with van der Waals surface area (Å²) in [4.78, 5) is 29.1. The molecule has 2 aromatic carbocycles. The van der Waals surface area contributed by atoms with E-state index in [1.165, 1.54) is 11.8 Å². The van der Waals surface area contributed by atoms with E-state index in [-0.39, 0.29) is 23.4 Å². The molecule has 0 saturated heterocycles. The molecular weight excluding hydrogens is 422 g/mol. The molecule has 0 bridgehead atoms. The van der Waals surface area contributed by atoms with Gasteiger partial charge < -0.3 is 14.6 Å². The zero-order valence-electron chi connectivity index (χ0n) is 17.1. The highest BCUT2D eigenvalue weighted by Gasteiger charge is 2.15. The number of imidazole rings is 1. The van der Waals surface area contributed by atoms with Gasteiger partial charge >= 0.3 is 0 Å². The molecular formula is C22H24ClN3O3S. The average molecular weight is 446 g/mol. The molecule has 0 fully saturated rings. The van der Waals surface area contributed by atoms with Crippen molar-refractivity contribution in [3.8, 4) is 0 Å². The van der Waals surface area contributed by atoms with Crippen LogP contribution in [0.2, 0.25) is 5.02 Å². The number of benzene rings is 2. The second-order valence-electron chi connectivity index (χ2n) is 7.11. The fraction of sp³-hybridized carbons (Fsp3) is 0.318. The zero-order chi connectivity index (χ0) is 21.7. The molecule has 1 heterocycles. The number of anilines is 1. The molecule has 0 saturated carbocycles. The van der Waals surface area contributed by atoms with Crippen molar-refractivity contribution in [3.05, 3.63) is 53.1 Å². The average Bonchev–Trinajstić information content (AvgIpc) is 3.07. The third kappa shape index (κ3) is 5.41. The highest BCUT2D eigenvalue weighted by molar-refractivity contribution is 7.99. The summed E-state index contributed by atoms with van der Waals surface area (Å²) in [6, 6.07) is 12.5. The lowest BCUT2D eigenvalue weighted by Crippen LogP contribution is -2.17. The quantitative estimate of drug-likeness (QED) is 0.374. The number of ether oxygens (including phenoxy) is 1. The van der Waals surface area contributed by atoms with Crippen LogP contribution in [0.3, 0.4) is 0 Å². The van der Waals surface area contributed by atoms with Crippen LogP contribution in [0.15, 0.2) is 47.6 Å². The molecule has 0 unspecified atom stereocenters. The minimum atomic E-state index is -0.102. The maximum absolute atomic E-state index is 12.7. The van der Waals surface area contributed by atoms with Crippen molar-refractivity contribution >= 4 is 51.8 Å².